The number of hydrogen-bond donors (Lipinski definition) is 2. The molecule has 3 unspecified atom stereocenters. The molecule has 0 aromatic heterocycles. The van der Waals surface area contributed by atoms with Crippen LogP contribution < -0.4 is 10.6 Å². The molecule has 0 bridgehead atoms. The maximum atomic E-state index is 6.18. The van der Waals surface area contributed by atoms with Gasteiger partial charge in [-0.25, -0.2) is 0 Å². The molecule has 2 aliphatic heterocycles. The molecule has 6 heteroatoms. The summed E-state index contributed by atoms with van der Waals surface area (Å²) >= 11 is 0. The van der Waals surface area contributed by atoms with Gasteiger partial charge in [0.15, 0.2) is 5.96 Å². The van der Waals surface area contributed by atoms with Gasteiger partial charge >= 0.3 is 0 Å². The molecule has 5 nitrogen and oxygen atoms in total. The van der Waals surface area contributed by atoms with Crippen molar-refractivity contribution in [2.24, 2.45) is 16.8 Å². The fraction of sp³-hybridized carbons (Fsp3) is 0.708. The first-order valence-electron chi connectivity index (χ1n) is 11.7. The van der Waals surface area contributed by atoms with Crippen LogP contribution in [0, 0.1) is 18.8 Å². The van der Waals surface area contributed by atoms with E-state index in [0.29, 0.717) is 11.8 Å². The smallest absolute Gasteiger partial charge is 0.191 e. The van der Waals surface area contributed by atoms with Gasteiger partial charge < -0.3 is 20.3 Å². The first-order chi connectivity index (χ1) is 14.2. The lowest BCUT2D eigenvalue weighted by atomic mass is 9.89. The molecule has 30 heavy (non-hydrogen) atoms. The van der Waals surface area contributed by atoms with E-state index in [2.05, 4.69) is 53.6 Å². The number of benzene rings is 1. The van der Waals surface area contributed by atoms with Gasteiger partial charge in [-0.1, -0.05) is 29.8 Å². The Morgan fingerprint density at radius 3 is 2.67 bits per heavy atom. The fourth-order valence-electron chi connectivity index (χ4n) is 4.75. The number of hydrogen-bond acceptors (Lipinski definition) is 3. The summed E-state index contributed by atoms with van der Waals surface area (Å²) in [5.41, 5.74) is 2.60. The lowest BCUT2D eigenvalue weighted by Gasteiger charge is -2.32. The van der Waals surface area contributed by atoms with E-state index in [9.17, 15) is 0 Å². The first-order valence-corrected chi connectivity index (χ1v) is 11.7. The number of aliphatic imine (C=N–C) groups is 1. The number of halogens is 1. The molecule has 0 amide bonds. The lowest BCUT2D eigenvalue weighted by Crippen LogP contribution is -2.42. The van der Waals surface area contributed by atoms with Crippen LogP contribution in [0.1, 0.15) is 56.3 Å². The third kappa shape index (κ3) is 6.57. The Labute approximate surface area is 199 Å². The molecule has 168 valence electrons. The van der Waals surface area contributed by atoms with Gasteiger partial charge in [-0.15, -0.1) is 24.0 Å². The van der Waals surface area contributed by atoms with Gasteiger partial charge in [0.05, 0.1) is 6.10 Å². The van der Waals surface area contributed by atoms with Gasteiger partial charge in [-0.3, -0.25) is 4.99 Å². The number of guanidine groups is 1. The standard InChI is InChI=1S/C24H38N4O.HI/c1-3-25-24(26-15-19-12-13-28(17-19)22-10-11-22)27-16-21-5-4-14-29-23(21)20-8-6-18(2)7-9-20;/h6-9,19,21-23H,3-5,10-17H2,1-2H3,(H2,25,26,27);1H. The number of nitrogens with one attached hydrogen (secondary N) is 2. The van der Waals surface area contributed by atoms with Crippen molar-refractivity contribution >= 4 is 29.9 Å². The van der Waals surface area contributed by atoms with E-state index in [1.54, 1.807) is 0 Å². The van der Waals surface area contributed by atoms with Crippen molar-refractivity contribution in [2.45, 2.75) is 58.1 Å². The minimum Gasteiger partial charge on any atom is -0.373 e. The minimum atomic E-state index is 0. The predicted molar refractivity (Wildman–Crippen MR) is 135 cm³/mol. The second kappa shape index (κ2) is 11.7. The Morgan fingerprint density at radius 1 is 1.13 bits per heavy atom. The van der Waals surface area contributed by atoms with Crippen LogP contribution in [0.5, 0.6) is 0 Å². The summed E-state index contributed by atoms with van der Waals surface area (Å²) in [6, 6.07) is 9.72. The van der Waals surface area contributed by atoms with Crippen molar-refractivity contribution in [1.82, 2.24) is 15.5 Å². The van der Waals surface area contributed by atoms with Crippen LogP contribution in [0.4, 0.5) is 0 Å². The zero-order valence-corrected chi connectivity index (χ0v) is 20.9. The fourth-order valence-corrected chi connectivity index (χ4v) is 4.75. The summed E-state index contributed by atoms with van der Waals surface area (Å²) < 4.78 is 6.18. The average molecular weight is 527 g/mol. The third-order valence-corrected chi connectivity index (χ3v) is 6.61. The third-order valence-electron chi connectivity index (χ3n) is 6.61. The maximum absolute atomic E-state index is 6.18. The van der Waals surface area contributed by atoms with E-state index < -0.39 is 0 Å². The molecule has 1 aromatic carbocycles. The molecular weight excluding hydrogens is 487 g/mol. The highest BCUT2D eigenvalue weighted by Crippen LogP contribution is 2.33. The van der Waals surface area contributed by atoms with E-state index in [1.165, 1.54) is 49.9 Å². The van der Waals surface area contributed by atoms with Gasteiger partial charge in [-0.2, -0.15) is 0 Å². The molecular formula is C24H39IN4O. The molecule has 0 spiro atoms. The van der Waals surface area contributed by atoms with Gasteiger partial charge in [0.25, 0.3) is 0 Å². The molecule has 2 N–H and O–H groups in total. The van der Waals surface area contributed by atoms with Gasteiger partial charge in [0, 0.05) is 44.7 Å². The van der Waals surface area contributed by atoms with E-state index in [4.69, 9.17) is 9.73 Å². The zero-order valence-electron chi connectivity index (χ0n) is 18.6. The molecule has 1 aromatic rings. The van der Waals surface area contributed by atoms with Crippen molar-refractivity contribution in [3.8, 4) is 0 Å². The molecule has 3 atom stereocenters. The van der Waals surface area contributed by atoms with Crippen LogP contribution in [0.3, 0.4) is 0 Å². The average Bonchev–Trinajstić information content (AvgIpc) is 3.49. The highest BCUT2D eigenvalue weighted by molar-refractivity contribution is 14.0. The Bertz CT molecular complexity index is 676. The van der Waals surface area contributed by atoms with Crippen LogP contribution in [0.25, 0.3) is 0 Å². The molecule has 2 saturated heterocycles. The summed E-state index contributed by atoms with van der Waals surface area (Å²) in [4.78, 5) is 7.60. The second-order valence-electron chi connectivity index (χ2n) is 9.09. The van der Waals surface area contributed by atoms with Crippen molar-refractivity contribution in [2.75, 3.05) is 39.3 Å². The predicted octanol–water partition coefficient (Wildman–Crippen LogP) is 4.12. The highest BCUT2D eigenvalue weighted by Gasteiger charge is 2.34. The van der Waals surface area contributed by atoms with Crippen LogP contribution >= 0.6 is 24.0 Å². The summed E-state index contributed by atoms with van der Waals surface area (Å²) in [6.45, 7) is 10.4. The Hall–Kier alpha value is -0.860. The molecule has 3 fully saturated rings. The number of ether oxygens (including phenoxy) is 1. The van der Waals surface area contributed by atoms with Crippen LogP contribution in [0.2, 0.25) is 0 Å². The molecule has 0 radical (unpaired) electrons. The number of rotatable bonds is 7. The lowest BCUT2D eigenvalue weighted by molar-refractivity contribution is -0.0265. The van der Waals surface area contributed by atoms with E-state index in [0.717, 1.165) is 44.7 Å². The minimum absolute atomic E-state index is 0. The maximum Gasteiger partial charge on any atom is 0.191 e. The summed E-state index contributed by atoms with van der Waals surface area (Å²) in [7, 11) is 0. The van der Waals surface area contributed by atoms with Crippen molar-refractivity contribution in [1.29, 1.82) is 0 Å². The molecule has 1 aliphatic carbocycles. The quantitative estimate of drug-likeness (QED) is 0.319. The number of nitrogens with zero attached hydrogens (tertiary/aromatic N) is 2. The first kappa shape index (κ1) is 23.8. The van der Waals surface area contributed by atoms with Gasteiger partial charge in [-0.05, 0) is 64.0 Å². The number of aryl methyl sites for hydroxylation is 1. The van der Waals surface area contributed by atoms with E-state index in [1.807, 2.05) is 0 Å². The van der Waals surface area contributed by atoms with E-state index in [-0.39, 0.29) is 30.1 Å². The molecule has 4 rings (SSSR count). The van der Waals surface area contributed by atoms with Crippen molar-refractivity contribution in [3.63, 3.8) is 0 Å². The Morgan fingerprint density at radius 2 is 1.93 bits per heavy atom. The molecule has 2 heterocycles. The SMILES string of the molecule is CCNC(=NCC1CCN(C2CC2)C1)NCC1CCCOC1c1ccc(C)cc1.I. The summed E-state index contributed by atoms with van der Waals surface area (Å²) in [5, 5.41) is 7.06. The Balaban J connectivity index is 0.00000256. The van der Waals surface area contributed by atoms with Crippen LogP contribution in [0.15, 0.2) is 29.3 Å². The largest absolute Gasteiger partial charge is 0.373 e. The monoisotopic (exact) mass is 526 g/mol. The van der Waals surface area contributed by atoms with Crippen LogP contribution in [-0.2, 0) is 4.74 Å². The van der Waals surface area contributed by atoms with Crippen LogP contribution in [-0.4, -0.2) is 56.2 Å². The zero-order chi connectivity index (χ0) is 20.1. The summed E-state index contributed by atoms with van der Waals surface area (Å²) in [5.74, 6) is 2.15. The highest BCUT2D eigenvalue weighted by atomic mass is 127. The second-order valence-corrected chi connectivity index (χ2v) is 9.09. The number of likely N-dealkylation sites (tertiary alicyclic amines) is 1. The van der Waals surface area contributed by atoms with Gasteiger partial charge in [0.1, 0.15) is 0 Å². The molecule has 1 saturated carbocycles. The van der Waals surface area contributed by atoms with Crippen molar-refractivity contribution < 1.29 is 4.74 Å². The topological polar surface area (TPSA) is 48.9 Å². The van der Waals surface area contributed by atoms with E-state index >= 15 is 0 Å². The Kier molecular flexibility index (Phi) is 9.26. The normalized spacial score (nSPS) is 27.5. The summed E-state index contributed by atoms with van der Waals surface area (Å²) in [6.07, 6.45) is 6.63. The van der Waals surface area contributed by atoms with Gasteiger partial charge in [0.2, 0.25) is 0 Å². The molecule has 3 aliphatic rings. The van der Waals surface area contributed by atoms with Crippen molar-refractivity contribution in [3.05, 3.63) is 35.4 Å².